The van der Waals surface area contributed by atoms with Crippen LogP contribution in [0.3, 0.4) is 0 Å². The molecule has 0 saturated carbocycles. The van der Waals surface area contributed by atoms with E-state index in [0.717, 1.165) is 23.8 Å². The molecule has 0 bridgehead atoms. The van der Waals surface area contributed by atoms with Crippen LogP contribution >= 0.6 is 11.3 Å². The molecule has 1 unspecified atom stereocenters. The first kappa shape index (κ1) is 14.3. The highest BCUT2D eigenvalue weighted by Gasteiger charge is 2.10. The van der Waals surface area contributed by atoms with Crippen molar-refractivity contribution in [1.29, 1.82) is 0 Å². The van der Waals surface area contributed by atoms with Gasteiger partial charge in [0.15, 0.2) is 0 Å². The Bertz CT molecular complexity index is 495. The lowest BCUT2D eigenvalue weighted by atomic mass is 10.1. The van der Waals surface area contributed by atoms with Crippen LogP contribution in [0.5, 0.6) is 0 Å². The summed E-state index contributed by atoms with van der Waals surface area (Å²) in [4.78, 5) is 4.51. The van der Waals surface area contributed by atoms with E-state index in [2.05, 4.69) is 59.5 Å². The van der Waals surface area contributed by atoms with E-state index in [1.54, 1.807) is 11.3 Å². The van der Waals surface area contributed by atoms with E-state index in [4.69, 9.17) is 0 Å². The van der Waals surface area contributed by atoms with Crippen molar-refractivity contribution >= 4 is 11.3 Å². The largest absolute Gasteiger partial charge is 0.348 e. The molecule has 0 aliphatic rings. The second-order valence-corrected chi connectivity index (χ2v) is 5.94. The molecule has 1 atom stereocenters. The van der Waals surface area contributed by atoms with Crippen molar-refractivity contribution in [2.75, 3.05) is 6.54 Å². The van der Waals surface area contributed by atoms with E-state index in [-0.39, 0.29) is 0 Å². The zero-order chi connectivity index (χ0) is 13.7. The smallest absolute Gasteiger partial charge is 0.0898 e. The Balaban J connectivity index is 2.04. The minimum atomic E-state index is 0.480. The van der Waals surface area contributed by atoms with Gasteiger partial charge < -0.3 is 9.88 Å². The zero-order valence-electron chi connectivity index (χ0n) is 12.0. The molecule has 2 aromatic rings. The molecule has 1 N–H and O–H groups in total. The van der Waals surface area contributed by atoms with Gasteiger partial charge in [0, 0.05) is 23.8 Å². The molecule has 3 nitrogen and oxygen atoms in total. The third-order valence-electron chi connectivity index (χ3n) is 3.21. The highest BCUT2D eigenvalue weighted by Crippen LogP contribution is 2.19. The Morgan fingerprint density at radius 2 is 2.26 bits per heavy atom. The number of hydrogen-bond acceptors (Lipinski definition) is 3. The van der Waals surface area contributed by atoms with Crippen LogP contribution in [0.2, 0.25) is 0 Å². The molecule has 2 rings (SSSR count). The Morgan fingerprint density at radius 3 is 2.89 bits per heavy atom. The van der Waals surface area contributed by atoms with Gasteiger partial charge in [-0.05, 0) is 31.5 Å². The van der Waals surface area contributed by atoms with Gasteiger partial charge in [-0.3, -0.25) is 0 Å². The summed E-state index contributed by atoms with van der Waals surface area (Å²) in [6, 6.07) is 2.70. The molecule has 0 radical (unpaired) electrons. The molecule has 104 valence electrons. The van der Waals surface area contributed by atoms with Gasteiger partial charge >= 0.3 is 0 Å². The van der Waals surface area contributed by atoms with E-state index < -0.39 is 0 Å². The predicted octanol–water partition coefficient (Wildman–Crippen LogP) is 3.75. The van der Waals surface area contributed by atoms with Crippen LogP contribution in [0.1, 0.15) is 49.0 Å². The van der Waals surface area contributed by atoms with Crippen molar-refractivity contribution in [3.63, 3.8) is 0 Å². The molecular weight excluding hydrogens is 254 g/mol. The minimum absolute atomic E-state index is 0.480. The number of nitrogens with one attached hydrogen (secondary N) is 1. The van der Waals surface area contributed by atoms with Gasteiger partial charge in [-0.2, -0.15) is 0 Å². The highest BCUT2D eigenvalue weighted by atomic mass is 32.1. The molecule has 0 fully saturated rings. The molecule has 2 aromatic heterocycles. The summed E-state index contributed by atoms with van der Waals surface area (Å²) >= 11 is 1.72. The van der Waals surface area contributed by atoms with Crippen LogP contribution in [0, 0.1) is 6.92 Å². The maximum atomic E-state index is 4.51. The number of rotatable bonds is 7. The van der Waals surface area contributed by atoms with Gasteiger partial charge in [0.05, 0.1) is 17.2 Å². The molecule has 0 aliphatic carbocycles. The molecule has 0 spiro atoms. The van der Waals surface area contributed by atoms with Crippen LogP contribution in [-0.4, -0.2) is 16.1 Å². The van der Waals surface area contributed by atoms with Gasteiger partial charge in [-0.15, -0.1) is 11.3 Å². The van der Waals surface area contributed by atoms with Crippen LogP contribution in [0.25, 0.3) is 0 Å². The molecule has 0 aliphatic heterocycles. The van der Waals surface area contributed by atoms with E-state index >= 15 is 0 Å². The molecule has 0 saturated heterocycles. The minimum Gasteiger partial charge on any atom is -0.348 e. The lowest BCUT2D eigenvalue weighted by Gasteiger charge is -2.15. The highest BCUT2D eigenvalue weighted by molar-refractivity contribution is 7.09. The van der Waals surface area contributed by atoms with Gasteiger partial charge in [-0.1, -0.05) is 20.3 Å². The van der Waals surface area contributed by atoms with Crippen LogP contribution in [0.15, 0.2) is 23.8 Å². The number of aryl methyl sites for hydroxylation is 1. The monoisotopic (exact) mass is 277 g/mol. The summed E-state index contributed by atoms with van der Waals surface area (Å²) in [5, 5.41) is 6.83. The van der Waals surface area contributed by atoms with Crippen LogP contribution in [-0.2, 0) is 6.54 Å². The van der Waals surface area contributed by atoms with Gasteiger partial charge in [0.2, 0.25) is 0 Å². The topological polar surface area (TPSA) is 29.9 Å². The third kappa shape index (κ3) is 3.91. The summed E-state index contributed by atoms with van der Waals surface area (Å²) in [7, 11) is 0. The summed E-state index contributed by atoms with van der Waals surface area (Å²) < 4.78 is 2.23. The summed E-state index contributed by atoms with van der Waals surface area (Å²) in [5.74, 6) is 0. The third-order valence-corrected chi connectivity index (χ3v) is 4.04. The molecule has 4 heteroatoms. The van der Waals surface area contributed by atoms with Crippen molar-refractivity contribution in [3.05, 3.63) is 40.1 Å². The fourth-order valence-corrected chi connectivity index (χ4v) is 2.96. The zero-order valence-corrected chi connectivity index (χ0v) is 12.8. The maximum absolute atomic E-state index is 4.51. The Kier molecular flexibility index (Phi) is 5.16. The number of nitrogens with zero attached hydrogens (tertiary/aromatic N) is 2. The lowest BCUT2D eigenvalue weighted by Crippen LogP contribution is -2.20. The first-order chi connectivity index (χ1) is 9.22. The van der Waals surface area contributed by atoms with Crippen LogP contribution < -0.4 is 5.32 Å². The molecule has 0 aromatic carbocycles. The van der Waals surface area contributed by atoms with E-state index in [1.165, 1.54) is 18.4 Å². The molecular formula is C15H23N3S. The summed E-state index contributed by atoms with van der Waals surface area (Å²) in [5.41, 5.74) is 2.54. The quantitative estimate of drug-likeness (QED) is 0.835. The predicted molar refractivity (Wildman–Crippen MR) is 81.7 cm³/mol. The fraction of sp³-hybridized carbons (Fsp3) is 0.533. The molecule has 19 heavy (non-hydrogen) atoms. The Labute approximate surface area is 119 Å². The van der Waals surface area contributed by atoms with Gasteiger partial charge in [0.25, 0.3) is 0 Å². The SMILES string of the molecule is CCCC(NCC)c1ccn(Cc2csc(C)n2)c1. The van der Waals surface area contributed by atoms with Crippen molar-refractivity contribution in [2.45, 2.75) is 46.2 Å². The maximum Gasteiger partial charge on any atom is 0.0898 e. The van der Waals surface area contributed by atoms with Crippen molar-refractivity contribution in [2.24, 2.45) is 0 Å². The lowest BCUT2D eigenvalue weighted by molar-refractivity contribution is 0.508. The fourth-order valence-electron chi connectivity index (χ4n) is 2.35. The van der Waals surface area contributed by atoms with Crippen molar-refractivity contribution in [1.82, 2.24) is 14.9 Å². The summed E-state index contributed by atoms with van der Waals surface area (Å²) in [6.07, 6.45) is 6.80. The van der Waals surface area contributed by atoms with Crippen LogP contribution in [0.4, 0.5) is 0 Å². The number of thiazole rings is 1. The summed E-state index contributed by atoms with van der Waals surface area (Å²) in [6.45, 7) is 8.34. The van der Waals surface area contributed by atoms with Gasteiger partial charge in [-0.25, -0.2) is 4.98 Å². The van der Waals surface area contributed by atoms with Crippen molar-refractivity contribution in [3.8, 4) is 0 Å². The second-order valence-electron chi connectivity index (χ2n) is 4.87. The van der Waals surface area contributed by atoms with E-state index in [0.29, 0.717) is 6.04 Å². The number of aromatic nitrogens is 2. The molecule has 0 amide bonds. The normalized spacial score (nSPS) is 12.8. The van der Waals surface area contributed by atoms with E-state index in [9.17, 15) is 0 Å². The average molecular weight is 277 g/mol. The van der Waals surface area contributed by atoms with E-state index in [1.807, 2.05) is 0 Å². The Morgan fingerprint density at radius 1 is 1.42 bits per heavy atom. The van der Waals surface area contributed by atoms with Crippen molar-refractivity contribution < 1.29 is 0 Å². The van der Waals surface area contributed by atoms with Gasteiger partial charge in [0.1, 0.15) is 0 Å². The first-order valence-electron chi connectivity index (χ1n) is 7.03. The number of hydrogen-bond donors (Lipinski definition) is 1. The standard InChI is InChI=1S/C15H23N3S/c1-4-6-15(16-5-2)13-7-8-18(9-13)10-14-11-19-12(3)17-14/h7-9,11,15-16H,4-6,10H2,1-3H3. The first-order valence-corrected chi connectivity index (χ1v) is 7.91. The molecule has 2 heterocycles. The Hall–Kier alpha value is -1.13. The second kappa shape index (κ2) is 6.87. The average Bonchev–Trinajstić information content (AvgIpc) is 2.99.